The predicted molar refractivity (Wildman–Crippen MR) is 92.4 cm³/mol. The minimum absolute atomic E-state index is 0.505. The third-order valence-corrected chi connectivity index (χ3v) is 4.25. The average Bonchev–Trinajstić information content (AvgIpc) is 2.96. The van der Waals surface area contributed by atoms with E-state index >= 15 is 0 Å². The first-order chi connectivity index (χ1) is 11.6. The molecule has 0 radical (unpaired) electrons. The second-order valence-corrected chi connectivity index (χ2v) is 6.61. The molecule has 6 nitrogen and oxygen atoms in total. The topological polar surface area (TPSA) is 67.1 Å². The van der Waals surface area contributed by atoms with E-state index in [1.807, 2.05) is 31.2 Å². The van der Waals surface area contributed by atoms with Gasteiger partial charge < -0.3 is 24.3 Å². The molecular weight excluding hydrogens is 308 g/mol. The quantitative estimate of drug-likeness (QED) is 0.802. The number of fused-ring (bicyclic) bond motifs is 1. The highest BCUT2D eigenvalue weighted by atomic mass is 16.5. The number of hydrogen-bond donors (Lipinski definition) is 2. The summed E-state index contributed by atoms with van der Waals surface area (Å²) in [5.74, 6) is 1.66. The van der Waals surface area contributed by atoms with Crippen molar-refractivity contribution in [3.63, 3.8) is 0 Å². The van der Waals surface area contributed by atoms with Crippen molar-refractivity contribution >= 4 is 11.0 Å². The van der Waals surface area contributed by atoms with Crippen molar-refractivity contribution in [2.45, 2.75) is 19.1 Å². The molecule has 1 saturated heterocycles. The standard InChI is InChI=1S/C18H26N2O4/c1-18(21,13-20-5-7-23-8-6-20)12-19-11-16-10-14-9-15(22-2)3-4-17(14)24-16/h3-4,9-10,19,21H,5-8,11-13H2,1-2H3. The van der Waals surface area contributed by atoms with Crippen molar-refractivity contribution in [1.82, 2.24) is 10.2 Å². The van der Waals surface area contributed by atoms with Gasteiger partial charge in [0.05, 0.1) is 32.5 Å². The Morgan fingerprint density at radius 1 is 1.29 bits per heavy atom. The van der Waals surface area contributed by atoms with Crippen molar-refractivity contribution < 1.29 is 19.0 Å². The fourth-order valence-electron chi connectivity index (χ4n) is 3.04. The Hall–Kier alpha value is -1.60. The summed E-state index contributed by atoms with van der Waals surface area (Å²) in [5.41, 5.74) is 0.0553. The molecule has 2 aromatic rings. The normalized spacial score (nSPS) is 18.6. The summed E-state index contributed by atoms with van der Waals surface area (Å²) in [7, 11) is 1.65. The number of morpholine rings is 1. The molecule has 1 aliphatic heterocycles. The molecule has 132 valence electrons. The molecule has 6 heteroatoms. The van der Waals surface area contributed by atoms with Crippen LogP contribution in [0.2, 0.25) is 0 Å². The van der Waals surface area contributed by atoms with Crippen molar-refractivity contribution in [1.29, 1.82) is 0 Å². The molecule has 0 aliphatic carbocycles. The van der Waals surface area contributed by atoms with Gasteiger partial charge in [0.2, 0.25) is 0 Å². The van der Waals surface area contributed by atoms with Crippen LogP contribution < -0.4 is 10.1 Å². The number of rotatable bonds is 7. The van der Waals surface area contributed by atoms with Gasteiger partial charge in [-0.15, -0.1) is 0 Å². The average molecular weight is 334 g/mol. The van der Waals surface area contributed by atoms with Gasteiger partial charge in [0.25, 0.3) is 0 Å². The Morgan fingerprint density at radius 3 is 2.83 bits per heavy atom. The molecular formula is C18H26N2O4. The molecule has 1 aromatic carbocycles. The highest BCUT2D eigenvalue weighted by molar-refractivity contribution is 5.79. The molecule has 3 rings (SSSR count). The molecule has 1 fully saturated rings. The second-order valence-electron chi connectivity index (χ2n) is 6.61. The van der Waals surface area contributed by atoms with Crippen LogP contribution in [0, 0.1) is 0 Å². The first-order valence-electron chi connectivity index (χ1n) is 8.35. The molecule has 1 unspecified atom stereocenters. The maximum absolute atomic E-state index is 10.6. The van der Waals surface area contributed by atoms with Crippen LogP contribution in [-0.2, 0) is 11.3 Å². The number of hydrogen-bond acceptors (Lipinski definition) is 6. The van der Waals surface area contributed by atoms with Crippen LogP contribution in [0.5, 0.6) is 5.75 Å². The summed E-state index contributed by atoms with van der Waals surface area (Å²) >= 11 is 0. The Kier molecular flexibility index (Phi) is 5.40. The number of methoxy groups -OCH3 is 1. The number of ether oxygens (including phenoxy) is 2. The van der Waals surface area contributed by atoms with Crippen molar-refractivity contribution in [3.05, 3.63) is 30.0 Å². The van der Waals surface area contributed by atoms with Crippen LogP contribution in [-0.4, -0.2) is 62.1 Å². The second kappa shape index (κ2) is 7.53. The smallest absolute Gasteiger partial charge is 0.134 e. The summed E-state index contributed by atoms with van der Waals surface area (Å²) in [4.78, 5) is 2.23. The highest BCUT2D eigenvalue weighted by Crippen LogP contribution is 2.24. The molecule has 2 heterocycles. The first kappa shape index (κ1) is 17.2. The van der Waals surface area contributed by atoms with E-state index in [1.54, 1.807) is 7.11 Å². The zero-order chi connectivity index (χ0) is 17.0. The van der Waals surface area contributed by atoms with E-state index in [2.05, 4.69) is 10.2 Å². The number of β-amino-alcohol motifs (C(OH)–C–C–N with tert-alkyl or cyclic N) is 1. The van der Waals surface area contributed by atoms with E-state index in [0.717, 1.165) is 48.8 Å². The fourth-order valence-corrected chi connectivity index (χ4v) is 3.04. The number of aliphatic hydroxyl groups is 1. The summed E-state index contributed by atoms with van der Waals surface area (Å²) in [5, 5.41) is 14.9. The van der Waals surface area contributed by atoms with Gasteiger partial charge in [0.1, 0.15) is 17.1 Å². The third kappa shape index (κ3) is 4.48. The highest BCUT2D eigenvalue weighted by Gasteiger charge is 2.25. The Balaban J connectivity index is 1.51. The van der Waals surface area contributed by atoms with Crippen LogP contribution >= 0.6 is 0 Å². The van der Waals surface area contributed by atoms with Gasteiger partial charge in [-0.1, -0.05) is 0 Å². The van der Waals surface area contributed by atoms with E-state index in [4.69, 9.17) is 13.9 Å². The van der Waals surface area contributed by atoms with Gasteiger partial charge in [0.15, 0.2) is 0 Å². The number of furan rings is 1. The van der Waals surface area contributed by atoms with E-state index in [1.165, 1.54) is 0 Å². The van der Waals surface area contributed by atoms with Crippen LogP contribution in [0.3, 0.4) is 0 Å². The van der Waals surface area contributed by atoms with E-state index in [-0.39, 0.29) is 0 Å². The third-order valence-electron chi connectivity index (χ3n) is 4.25. The number of nitrogens with zero attached hydrogens (tertiary/aromatic N) is 1. The summed E-state index contributed by atoms with van der Waals surface area (Å²) in [6, 6.07) is 7.75. The van der Waals surface area contributed by atoms with Gasteiger partial charge in [-0.2, -0.15) is 0 Å². The Labute approximate surface area is 142 Å². The molecule has 0 spiro atoms. The van der Waals surface area contributed by atoms with Crippen LogP contribution in [0.25, 0.3) is 11.0 Å². The van der Waals surface area contributed by atoms with Crippen LogP contribution in [0.4, 0.5) is 0 Å². The number of nitrogens with one attached hydrogen (secondary N) is 1. The molecule has 0 saturated carbocycles. The van der Waals surface area contributed by atoms with Gasteiger partial charge in [-0.05, 0) is 31.2 Å². The lowest BCUT2D eigenvalue weighted by Crippen LogP contribution is -2.50. The van der Waals surface area contributed by atoms with Crippen molar-refractivity contribution in [3.8, 4) is 5.75 Å². The molecule has 0 bridgehead atoms. The van der Waals surface area contributed by atoms with Gasteiger partial charge in [0, 0.05) is 31.6 Å². The Morgan fingerprint density at radius 2 is 2.08 bits per heavy atom. The zero-order valence-corrected chi connectivity index (χ0v) is 14.4. The summed E-state index contributed by atoms with van der Waals surface area (Å²) < 4.78 is 16.4. The molecule has 24 heavy (non-hydrogen) atoms. The lowest BCUT2D eigenvalue weighted by molar-refractivity contribution is -0.0220. The predicted octanol–water partition coefficient (Wildman–Crippen LogP) is 1.61. The van der Waals surface area contributed by atoms with Crippen molar-refractivity contribution in [2.75, 3.05) is 46.5 Å². The fraction of sp³-hybridized carbons (Fsp3) is 0.556. The SMILES string of the molecule is COc1ccc2oc(CNCC(C)(O)CN3CCOCC3)cc2c1. The monoisotopic (exact) mass is 334 g/mol. The lowest BCUT2D eigenvalue weighted by Gasteiger charge is -2.33. The number of benzene rings is 1. The maximum atomic E-state index is 10.6. The van der Waals surface area contributed by atoms with Crippen LogP contribution in [0.15, 0.2) is 28.7 Å². The minimum atomic E-state index is -0.785. The summed E-state index contributed by atoms with van der Waals surface area (Å²) in [6.45, 7) is 6.82. The zero-order valence-electron chi connectivity index (χ0n) is 14.4. The van der Waals surface area contributed by atoms with Gasteiger partial charge >= 0.3 is 0 Å². The molecule has 2 N–H and O–H groups in total. The van der Waals surface area contributed by atoms with Gasteiger partial charge in [-0.25, -0.2) is 0 Å². The van der Waals surface area contributed by atoms with E-state index < -0.39 is 5.60 Å². The van der Waals surface area contributed by atoms with Crippen LogP contribution in [0.1, 0.15) is 12.7 Å². The lowest BCUT2D eigenvalue weighted by atomic mass is 10.1. The van der Waals surface area contributed by atoms with Gasteiger partial charge in [-0.3, -0.25) is 4.90 Å². The molecule has 1 aliphatic rings. The molecule has 0 amide bonds. The maximum Gasteiger partial charge on any atom is 0.134 e. The molecule has 1 aromatic heterocycles. The Bertz CT molecular complexity index is 662. The minimum Gasteiger partial charge on any atom is -0.497 e. The van der Waals surface area contributed by atoms with E-state index in [0.29, 0.717) is 19.6 Å². The molecule has 1 atom stereocenters. The largest absolute Gasteiger partial charge is 0.497 e. The van der Waals surface area contributed by atoms with Crippen molar-refractivity contribution in [2.24, 2.45) is 0 Å². The summed E-state index contributed by atoms with van der Waals surface area (Å²) in [6.07, 6.45) is 0. The first-order valence-corrected chi connectivity index (χ1v) is 8.35. The van der Waals surface area contributed by atoms with E-state index in [9.17, 15) is 5.11 Å².